The maximum absolute atomic E-state index is 5.74. The van der Waals surface area contributed by atoms with Gasteiger partial charge in [-0.15, -0.1) is 0 Å². The van der Waals surface area contributed by atoms with Crippen molar-refractivity contribution in [1.29, 1.82) is 0 Å². The molecule has 0 unspecified atom stereocenters. The molecule has 0 bridgehead atoms. The van der Waals surface area contributed by atoms with Crippen molar-refractivity contribution in [2.24, 2.45) is 0 Å². The van der Waals surface area contributed by atoms with Gasteiger partial charge in [0.25, 0.3) is 0 Å². The third-order valence-corrected chi connectivity index (χ3v) is 3.36. The smallest absolute Gasteiger partial charge is 0.119 e. The van der Waals surface area contributed by atoms with Gasteiger partial charge in [-0.1, -0.05) is 50.5 Å². The lowest BCUT2D eigenvalue weighted by atomic mass is 10.1. The van der Waals surface area contributed by atoms with Crippen LogP contribution in [-0.4, -0.2) is 6.61 Å². The highest BCUT2D eigenvalue weighted by Gasteiger charge is 1.99. The number of unbranched alkanes of at least 4 members (excludes halogenated alkanes) is 3. The first-order chi connectivity index (χ1) is 9.79. The van der Waals surface area contributed by atoms with Crippen molar-refractivity contribution in [2.45, 2.75) is 32.6 Å². The van der Waals surface area contributed by atoms with Crippen molar-refractivity contribution in [3.8, 4) is 16.9 Å². The molecular weight excluding hydrogens is 246 g/mol. The van der Waals surface area contributed by atoms with Gasteiger partial charge in [0.15, 0.2) is 0 Å². The zero-order valence-electron chi connectivity index (χ0n) is 12.1. The summed E-state index contributed by atoms with van der Waals surface area (Å²) in [6, 6.07) is 16.2. The molecule has 0 aliphatic heterocycles. The summed E-state index contributed by atoms with van der Waals surface area (Å²) < 4.78 is 5.74. The Hall–Kier alpha value is -1.96. The molecule has 0 saturated carbocycles. The van der Waals surface area contributed by atoms with Gasteiger partial charge < -0.3 is 10.5 Å². The Bertz CT molecular complexity index is 502. The van der Waals surface area contributed by atoms with Gasteiger partial charge in [-0.05, 0) is 41.8 Å². The zero-order chi connectivity index (χ0) is 14.2. The fraction of sp³-hybridized carbons (Fsp3) is 0.333. The van der Waals surface area contributed by atoms with Crippen LogP contribution >= 0.6 is 0 Å². The first-order valence-corrected chi connectivity index (χ1v) is 7.38. The highest BCUT2D eigenvalue weighted by atomic mass is 16.5. The molecule has 0 aliphatic carbocycles. The molecule has 2 N–H and O–H groups in total. The molecule has 20 heavy (non-hydrogen) atoms. The maximum atomic E-state index is 5.74. The van der Waals surface area contributed by atoms with Gasteiger partial charge >= 0.3 is 0 Å². The van der Waals surface area contributed by atoms with Gasteiger partial charge in [-0.3, -0.25) is 0 Å². The molecule has 2 rings (SSSR count). The minimum atomic E-state index is 0.792. The number of nitrogen functional groups attached to an aromatic ring is 1. The third-order valence-electron chi connectivity index (χ3n) is 3.36. The van der Waals surface area contributed by atoms with Gasteiger partial charge in [-0.25, -0.2) is 0 Å². The van der Waals surface area contributed by atoms with Gasteiger partial charge in [-0.2, -0.15) is 0 Å². The minimum absolute atomic E-state index is 0.792. The molecular formula is C18H23NO. The number of ether oxygens (including phenoxy) is 1. The third kappa shape index (κ3) is 4.30. The molecule has 2 aromatic carbocycles. The predicted molar refractivity (Wildman–Crippen MR) is 85.9 cm³/mol. The summed E-state index contributed by atoms with van der Waals surface area (Å²) in [5.41, 5.74) is 8.85. The number of hydrogen-bond donors (Lipinski definition) is 1. The summed E-state index contributed by atoms with van der Waals surface area (Å²) in [7, 11) is 0. The van der Waals surface area contributed by atoms with Gasteiger partial charge in [0.1, 0.15) is 5.75 Å². The van der Waals surface area contributed by atoms with Gasteiger partial charge in [0, 0.05) is 5.69 Å². The molecule has 0 radical (unpaired) electrons. The van der Waals surface area contributed by atoms with E-state index in [0.29, 0.717) is 0 Å². The number of anilines is 1. The molecule has 0 fully saturated rings. The number of benzene rings is 2. The second-order valence-corrected chi connectivity index (χ2v) is 5.06. The molecule has 106 valence electrons. The first kappa shape index (κ1) is 14.4. The van der Waals surface area contributed by atoms with Crippen LogP contribution in [0, 0.1) is 0 Å². The van der Waals surface area contributed by atoms with E-state index in [1.807, 2.05) is 36.4 Å². The molecule has 0 saturated heterocycles. The van der Waals surface area contributed by atoms with E-state index >= 15 is 0 Å². The summed E-state index contributed by atoms with van der Waals surface area (Å²) in [6.45, 7) is 3.03. The summed E-state index contributed by atoms with van der Waals surface area (Å²) in [4.78, 5) is 0. The average Bonchev–Trinajstić information content (AvgIpc) is 2.49. The molecule has 0 aliphatic rings. The monoisotopic (exact) mass is 269 g/mol. The Morgan fingerprint density at radius 3 is 2.00 bits per heavy atom. The number of nitrogens with two attached hydrogens (primary N) is 1. The molecule has 2 aromatic rings. The van der Waals surface area contributed by atoms with Crippen LogP contribution in [0.15, 0.2) is 48.5 Å². The van der Waals surface area contributed by atoms with Crippen molar-refractivity contribution in [3.63, 3.8) is 0 Å². The Morgan fingerprint density at radius 1 is 0.800 bits per heavy atom. The van der Waals surface area contributed by atoms with E-state index in [1.54, 1.807) is 0 Å². The van der Waals surface area contributed by atoms with Crippen molar-refractivity contribution in [3.05, 3.63) is 48.5 Å². The summed E-state index contributed by atoms with van der Waals surface area (Å²) in [5, 5.41) is 0. The second kappa shape index (κ2) is 7.59. The summed E-state index contributed by atoms with van der Waals surface area (Å²) >= 11 is 0. The zero-order valence-corrected chi connectivity index (χ0v) is 12.1. The molecule has 0 amide bonds. The van der Waals surface area contributed by atoms with E-state index in [-0.39, 0.29) is 0 Å². The van der Waals surface area contributed by atoms with E-state index in [9.17, 15) is 0 Å². The van der Waals surface area contributed by atoms with Crippen LogP contribution in [0.4, 0.5) is 5.69 Å². The Kier molecular flexibility index (Phi) is 5.48. The molecule has 2 heteroatoms. The minimum Gasteiger partial charge on any atom is -0.494 e. The van der Waals surface area contributed by atoms with Crippen LogP contribution in [-0.2, 0) is 0 Å². The number of hydrogen-bond acceptors (Lipinski definition) is 2. The van der Waals surface area contributed by atoms with Crippen molar-refractivity contribution in [2.75, 3.05) is 12.3 Å². The van der Waals surface area contributed by atoms with Crippen LogP contribution in [0.2, 0.25) is 0 Å². The Balaban J connectivity index is 1.88. The number of rotatable bonds is 7. The van der Waals surface area contributed by atoms with Gasteiger partial charge in [0.2, 0.25) is 0 Å². The first-order valence-electron chi connectivity index (χ1n) is 7.38. The standard InChI is InChI=1S/C18H23NO/c1-2-3-4-5-14-20-18-12-8-16(9-13-18)15-6-10-17(19)11-7-15/h6-13H,2-5,14,19H2,1H3. The Labute approximate surface area is 121 Å². The molecule has 2 nitrogen and oxygen atoms in total. The largest absolute Gasteiger partial charge is 0.494 e. The van der Waals surface area contributed by atoms with E-state index in [0.717, 1.165) is 24.5 Å². The average molecular weight is 269 g/mol. The molecule has 0 spiro atoms. The second-order valence-electron chi connectivity index (χ2n) is 5.06. The van der Waals surface area contributed by atoms with Crippen LogP contribution < -0.4 is 10.5 Å². The van der Waals surface area contributed by atoms with E-state index in [1.165, 1.54) is 30.4 Å². The van der Waals surface area contributed by atoms with Crippen LogP contribution in [0.5, 0.6) is 5.75 Å². The topological polar surface area (TPSA) is 35.2 Å². The quantitative estimate of drug-likeness (QED) is 0.573. The van der Waals surface area contributed by atoms with Crippen molar-refractivity contribution >= 4 is 5.69 Å². The normalized spacial score (nSPS) is 10.4. The van der Waals surface area contributed by atoms with E-state index < -0.39 is 0 Å². The molecule has 0 aromatic heterocycles. The van der Waals surface area contributed by atoms with Crippen molar-refractivity contribution in [1.82, 2.24) is 0 Å². The fourth-order valence-electron chi connectivity index (χ4n) is 2.14. The predicted octanol–water partition coefficient (Wildman–Crippen LogP) is 4.89. The maximum Gasteiger partial charge on any atom is 0.119 e. The van der Waals surface area contributed by atoms with E-state index in [2.05, 4.69) is 19.1 Å². The van der Waals surface area contributed by atoms with Crippen LogP contribution in [0.25, 0.3) is 11.1 Å². The molecule has 0 heterocycles. The summed E-state index contributed by atoms with van der Waals surface area (Å²) in [6.07, 6.45) is 4.93. The fourth-order valence-corrected chi connectivity index (χ4v) is 2.14. The molecule has 0 atom stereocenters. The lowest BCUT2D eigenvalue weighted by molar-refractivity contribution is 0.305. The Morgan fingerprint density at radius 2 is 1.40 bits per heavy atom. The SMILES string of the molecule is CCCCCCOc1ccc(-c2ccc(N)cc2)cc1. The van der Waals surface area contributed by atoms with E-state index in [4.69, 9.17) is 10.5 Å². The lowest BCUT2D eigenvalue weighted by Gasteiger charge is -2.07. The van der Waals surface area contributed by atoms with Crippen molar-refractivity contribution < 1.29 is 4.74 Å². The highest BCUT2D eigenvalue weighted by molar-refractivity contribution is 5.66. The summed E-state index contributed by atoms with van der Waals surface area (Å²) in [5.74, 6) is 0.945. The highest BCUT2D eigenvalue weighted by Crippen LogP contribution is 2.23. The lowest BCUT2D eigenvalue weighted by Crippen LogP contribution is -1.96. The van der Waals surface area contributed by atoms with Crippen LogP contribution in [0.1, 0.15) is 32.6 Å². The van der Waals surface area contributed by atoms with Gasteiger partial charge in [0.05, 0.1) is 6.61 Å². The van der Waals surface area contributed by atoms with Crippen LogP contribution in [0.3, 0.4) is 0 Å².